The van der Waals surface area contributed by atoms with E-state index in [0.29, 0.717) is 6.07 Å². The molecular formula is C9H10F2N4O. The minimum Gasteiger partial charge on any atom is -0.386 e. The highest BCUT2D eigenvalue weighted by Gasteiger charge is 2.07. The van der Waals surface area contributed by atoms with Gasteiger partial charge in [-0.2, -0.15) is 0 Å². The highest BCUT2D eigenvalue weighted by molar-refractivity contribution is 5.92. The summed E-state index contributed by atoms with van der Waals surface area (Å²) in [5.74, 6) is -1.83. The van der Waals surface area contributed by atoms with Gasteiger partial charge in [-0.05, 0) is 12.1 Å². The normalized spacial score (nSPS) is 9.62. The molecule has 0 unspecified atom stereocenters. The smallest absolute Gasteiger partial charge is 0.319 e. The first kappa shape index (κ1) is 11.9. The summed E-state index contributed by atoms with van der Waals surface area (Å²) in [5.41, 5.74) is 4.85. The number of carbonyl (C=O) groups is 1. The van der Waals surface area contributed by atoms with E-state index in [1.165, 1.54) is 0 Å². The van der Waals surface area contributed by atoms with E-state index in [-0.39, 0.29) is 18.1 Å². The summed E-state index contributed by atoms with van der Waals surface area (Å²) in [6, 6.07) is 2.04. The Hall–Kier alpha value is -2.18. The van der Waals surface area contributed by atoms with E-state index in [9.17, 15) is 13.6 Å². The van der Waals surface area contributed by atoms with Crippen molar-refractivity contribution in [3.8, 4) is 0 Å². The van der Waals surface area contributed by atoms with E-state index < -0.39 is 17.7 Å². The van der Waals surface area contributed by atoms with Crippen LogP contribution in [-0.4, -0.2) is 18.4 Å². The Morgan fingerprint density at radius 1 is 1.44 bits per heavy atom. The first-order valence-electron chi connectivity index (χ1n) is 4.32. The third kappa shape index (κ3) is 3.52. The van der Waals surface area contributed by atoms with Crippen LogP contribution in [0.25, 0.3) is 0 Å². The van der Waals surface area contributed by atoms with Gasteiger partial charge < -0.3 is 16.4 Å². The van der Waals surface area contributed by atoms with Crippen LogP contribution >= 0.6 is 0 Å². The fraction of sp³-hybridized carbons (Fsp3) is 0.111. The van der Waals surface area contributed by atoms with Gasteiger partial charge in [0.05, 0.1) is 12.2 Å². The van der Waals surface area contributed by atoms with Gasteiger partial charge in [0.25, 0.3) is 0 Å². The number of amides is 2. The van der Waals surface area contributed by atoms with Crippen molar-refractivity contribution < 1.29 is 13.6 Å². The predicted molar refractivity (Wildman–Crippen MR) is 55.3 cm³/mol. The fourth-order valence-corrected chi connectivity index (χ4v) is 0.933. The van der Waals surface area contributed by atoms with Crippen LogP contribution in [0.3, 0.4) is 0 Å². The van der Waals surface area contributed by atoms with Gasteiger partial charge in [-0.15, -0.1) is 0 Å². The summed E-state index contributed by atoms with van der Waals surface area (Å²) in [5, 5.41) is 11.2. The van der Waals surface area contributed by atoms with Gasteiger partial charge in [-0.3, -0.25) is 5.41 Å². The van der Waals surface area contributed by atoms with Crippen LogP contribution in [0, 0.1) is 17.0 Å². The molecule has 0 aliphatic heterocycles. The Morgan fingerprint density at radius 3 is 2.69 bits per heavy atom. The number of rotatable bonds is 3. The molecule has 2 amide bonds. The van der Waals surface area contributed by atoms with Crippen molar-refractivity contribution in [2.75, 3.05) is 11.9 Å². The topological polar surface area (TPSA) is 91.0 Å². The number of nitrogens with two attached hydrogens (primary N) is 1. The van der Waals surface area contributed by atoms with Gasteiger partial charge in [0, 0.05) is 6.07 Å². The molecule has 0 atom stereocenters. The van der Waals surface area contributed by atoms with Gasteiger partial charge >= 0.3 is 6.03 Å². The van der Waals surface area contributed by atoms with Crippen molar-refractivity contribution in [1.82, 2.24) is 5.32 Å². The first-order valence-corrected chi connectivity index (χ1v) is 4.32. The number of hydrogen-bond donors (Lipinski definition) is 4. The Kier molecular flexibility index (Phi) is 3.76. The molecule has 0 aliphatic rings. The van der Waals surface area contributed by atoms with Crippen molar-refractivity contribution in [1.29, 1.82) is 5.41 Å². The molecule has 0 heterocycles. The highest BCUT2D eigenvalue weighted by atomic mass is 19.1. The molecule has 0 aromatic heterocycles. The Morgan fingerprint density at radius 2 is 2.12 bits per heavy atom. The summed E-state index contributed by atoms with van der Waals surface area (Å²) in [4.78, 5) is 11.1. The zero-order valence-electron chi connectivity index (χ0n) is 8.18. The van der Waals surface area contributed by atoms with E-state index in [2.05, 4.69) is 10.6 Å². The summed E-state index contributed by atoms with van der Waals surface area (Å²) in [7, 11) is 0. The second-order valence-electron chi connectivity index (χ2n) is 2.96. The number of hydrogen-bond acceptors (Lipinski definition) is 2. The molecule has 0 fully saturated rings. The Labute approximate surface area is 90.1 Å². The van der Waals surface area contributed by atoms with Crippen LogP contribution in [0.15, 0.2) is 18.2 Å². The SMILES string of the molecule is N=C(N)CNC(=O)Nc1ccc(F)cc1F. The Bertz CT molecular complexity index is 422. The number of urea groups is 1. The van der Waals surface area contributed by atoms with Gasteiger partial charge in [0.1, 0.15) is 17.5 Å². The molecule has 5 N–H and O–H groups in total. The third-order valence-corrected chi connectivity index (χ3v) is 1.62. The van der Waals surface area contributed by atoms with Gasteiger partial charge in [0.2, 0.25) is 0 Å². The second kappa shape index (κ2) is 5.06. The molecule has 7 heteroatoms. The van der Waals surface area contributed by atoms with Crippen LogP contribution in [0.1, 0.15) is 0 Å². The molecule has 86 valence electrons. The average Bonchev–Trinajstić information content (AvgIpc) is 2.19. The molecule has 5 nitrogen and oxygen atoms in total. The Balaban J connectivity index is 2.59. The first-order chi connectivity index (χ1) is 7.49. The largest absolute Gasteiger partial charge is 0.386 e. The minimum atomic E-state index is -0.877. The molecule has 1 aromatic carbocycles. The number of halogens is 2. The monoisotopic (exact) mass is 228 g/mol. The number of amidine groups is 1. The lowest BCUT2D eigenvalue weighted by Crippen LogP contribution is -2.36. The number of anilines is 1. The van der Waals surface area contributed by atoms with Gasteiger partial charge in [-0.25, -0.2) is 13.6 Å². The maximum Gasteiger partial charge on any atom is 0.319 e. The predicted octanol–water partition coefficient (Wildman–Crippen LogP) is 1.02. The summed E-state index contributed by atoms with van der Waals surface area (Å²) in [6.45, 7) is -0.144. The molecule has 1 rings (SSSR count). The zero-order chi connectivity index (χ0) is 12.1. The van der Waals surface area contributed by atoms with E-state index in [1.54, 1.807) is 0 Å². The summed E-state index contributed by atoms with van der Waals surface area (Å²) >= 11 is 0. The lowest BCUT2D eigenvalue weighted by molar-refractivity contribution is 0.253. The van der Waals surface area contributed by atoms with Crippen LogP contribution < -0.4 is 16.4 Å². The zero-order valence-corrected chi connectivity index (χ0v) is 8.18. The molecule has 0 radical (unpaired) electrons. The third-order valence-electron chi connectivity index (χ3n) is 1.62. The van der Waals surface area contributed by atoms with Crippen LogP contribution in [0.5, 0.6) is 0 Å². The van der Waals surface area contributed by atoms with Crippen LogP contribution in [0.2, 0.25) is 0 Å². The average molecular weight is 228 g/mol. The minimum absolute atomic E-state index is 0.144. The quantitative estimate of drug-likeness (QED) is 0.459. The highest BCUT2D eigenvalue weighted by Crippen LogP contribution is 2.14. The standard InChI is InChI=1S/C9H10F2N4O/c10-5-1-2-7(6(11)3-5)15-9(16)14-4-8(12)13/h1-3H,4H2,(H3,12,13)(H2,14,15,16). The maximum atomic E-state index is 13.1. The van der Waals surface area contributed by atoms with Crippen LogP contribution in [0.4, 0.5) is 19.3 Å². The number of benzene rings is 1. The van der Waals surface area contributed by atoms with Gasteiger partial charge in [-0.1, -0.05) is 0 Å². The summed E-state index contributed by atoms with van der Waals surface area (Å²) in [6.07, 6.45) is 0. The molecule has 0 bridgehead atoms. The van der Waals surface area contributed by atoms with Crippen molar-refractivity contribution in [3.05, 3.63) is 29.8 Å². The molecule has 1 aromatic rings. The molecule has 16 heavy (non-hydrogen) atoms. The van der Waals surface area contributed by atoms with Crippen LogP contribution in [-0.2, 0) is 0 Å². The fourth-order valence-electron chi connectivity index (χ4n) is 0.933. The lowest BCUT2D eigenvalue weighted by Gasteiger charge is -2.07. The molecule has 0 aliphatic carbocycles. The number of carbonyl (C=O) groups excluding carboxylic acids is 1. The molecular weight excluding hydrogens is 218 g/mol. The van der Waals surface area contributed by atoms with Crippen molar-refractivity contribution in [3.63, 3.8) is 0 Å². The van der Waals surface area contributed by atoms with Crippen molar-refractivity contribution >= 4 is 17.6 Å². The van der Waals surface area contributed by atoms with E-state index in [0.717, 1.165) is 12.1 Å². The lowest BCUT2D eigenvalue weighted by atomic mass is 10.3. The molecule has 0 spiro atoms. The van der Waals surface area contributed by atoms with Crippen molar-refractivity contribution in [2.24, 2.45) is 5.73 Å². The second-order valence-corrected chi connectivity index (χ2v) is 2.96. The maximum absolute atomic E-state index is 13.1. The summed E-state index contributed by atoms with van der Waals surface area (Å²) < 4.78 is 25.6. The van der Waals surface area contributed by atoms with E-state index in [1.807, 2.05) is 0 Å². The number of nitrogens with one attached hydrogen (secondary N) is 3. The molecule has 0 saturated heterocycles. The van der Waals surface area contributed by atoms with Crippen molar-refractivity contribution in [2.45, 2.75) is 0 Å². The van der Waals surface area contributed by atoms with E-state index >= 15 is 0 Å². The molecule has 0 saturated carbocycles. The van der Waals surface area contributed by atoms with Gasteiger partial charge in [0.15, 0.2) is 0 Å². The van der Waals surface area contributed by atoms with E-state index in [4.69, 9.17) is 11.1 Å².